The number of benzene rings is 2. The number of nitrogens with two attached hydrogens (primary N) is 1. The summed E-state index contributed by atoms with van der Waals surface area (Å²) in [6, 6.07) is 8.67. The molecule has 0 bridgehead atoms. The second-order valence-corrected chi connectivity index (χ2v) is 4.56. The van der Waals surface area contributed by atoms with Gasteiger partial charge in [-0.05, 0) is 30.0 Å². The Balaban J connectivity index is 0. The summed E-state index contributed by atoms with van der Waals surface area (Å²) in [5.74, 6) is -1.49. The van der Waals surface area contributed by atoms with E-state index in [4.69, 9.17) is 25.5 Å². The van der Waals surface area contributed by atoms with Crippen LogP contribution < -0.4 is 5.73 Å². The largest absolute Gasteiger partial charge is 0.508 e. The molecule has 0 aromatic heterocycles. The minimum atomic E-state index is -0.833. The van der Waals surface area contributed by atoms with Crippen molar-refractivity contribution in [2.45, 2.75) is 20.3 Å². The first-order valence-electron chi connectivity index (χ1n) is 6.71. The van der Waals surface area contributed by atoms with Crippen LogP contribution in [0.1, 0.15) is 19.4 Å². The maximum Gasteiger partial charge on any atom is 0.300 e. The zero-order valence-corrected chi connectivity index (χ0v) is 14.2. The summed E-state index contributed by atoms with van der Waals surface area (Å²) >= 11 is 0. The van der Waals surface area contributed by atoms with Gasteiger partial charge in [-0.3, -0.25) is 9.59 Å². The van der Waals surface area contributed by atoms with Crippen LogP contribution in [0.5, 0.6) is 11.5 Å². The van der Waals surface area contributed by atoms with Gasteiger partial charge in [-0.1, -0.05) is 18.2 Å². The average molecular weight is 360 g/mol. The van der Waals surface area contributed by atoms with Crippen LogP contribution in [0, 0.1) is 0 Å². The Bertz CT molecular complexity index is 655. The Morgan fingerprint density at radius 2 is 1.54 bits per heavy atom. The van der Waals surface area contributed by atoms with Gasteiger partial charge in [0.2, 0.25) is 0 Å². The molecule has 0 fully saturated rings. The minimum Gasteiger partial charge on any atom is -0.508 e. The molecule has 2 aromatic carbocycles. The maximum atomic E-state index is 9.76. The van der Waals surface area contributed by atoms with Gasteiger partial charge in [0.1, 0.15) is 11.5 Å². The van der Waals surface area contributed by atoms with Crippen molar-refractivity contribution in [3.63, 3.8) is 0 Å². The summed E-state index contributed by atoms with van der Waals surface area (Å²) in [4.78, 5) is 18.0. The second-order valence-electron chi connectivity index (χ2n) is 4.56. The first-order valence-corrected chi connectivity index (χ1v) is 6.71. The van der Waals surface area contributed by atoms with Crippen molar-refractivity contribution < 1.29 is 30.0 Å². The van der Waals surface area contributed by atoms with E-state index in [-0.39, 0.29) is 23.9 Å². The second kappa shape index (κ2) is 12.0. The molecule has 134 valence electrons. The average Bonchev–Trinajstić information content (AvgIpc) is 2.37. The van der Waals surface area contributed by atoms with E-state index in [0.717, 1.165) is 36.6 Å². The predicted molar refractivity (Wildman–Crippen MR) is 93.9 cm³/mol. The van der Waals surface area contributed by atoms with E-state index in [2.05, 4.69) is 0 Å². The molecule has 0 aliphatic heterocycles. The Morgan fingerprint density at radius 1 is 1.04 bits per heavy atom. The molecule has 2 aromatic rings. The van der Waals surface area contributed by atoms with Crippen LogP contribution >= 0.6 is 12.4 Å². The lowest BCUT2D eigenvalue weighted by Gasteiger charge is -2.07. The van der Waals surface area contributed by atoms with Gasteiger partial charge in [-0.2, -0.15) is 0 Å². The van der Waals surface area contributed by atoms with E-state index in [1.165, 1.54) is 6.07 Å². The number of carboxylic acid groups (broad SMARTS) is 2. The highest BCUT2D eigenvalue weighted by atomic mass is 35.5. The van der Waals surface area contributed by atoms with Gasteiger partial charge in [0.15, 0.2) is 0 Å². The Hall–Kier alpha value is -2.51. The van der Waals surface area contributed by atoms with E-state index in [0.29, 0.717) is 6.54 Å². The van der Waals surface area contributed by atoms with Crippen molar-refractivity contribution in [2.75, 3.05) is 6.54 Å². The van der Waals surface area contributed by atoms with Crippen molar-refractivity contribution in [3.05, 3.63) is 35.9 Å². The quantitative estimate of drug-likeness (QED) is 0.554. The molecule has 0 radical (unpaired) electrons. The zero-order valence-electron chi connectivity index (χ0n) is 13.4. The third kappa shape index (κ3) is 9.50. The van der Waals surface area contributed by atoms with Gasteiger partial charge in [0, 0.05) is 25.3 Å². The molecule has 8 heteroatoms. The van der Waals surface area contributed by atoms with Crippen molar-refractivity contribution >= 4 is 35.1 Å². The van der Waals surface area contributed by atoms with Crippen LogP contribution in [0.25, 0.3) is 10.8 Å². The van der Waals surface area contributed by atoms with Crippen LogP contribution in [0.3, 0.4) is 0 Å². The number of rotatable bonds is 2. The summed E-state index contributed by atoms with van der Waals surface area (Å²) in [5, 5.41) is 35.5. The Morgan fingerprint density at radius 3 is 2.00 bits per heavy atom. The zero-order chi connectivity index (χ0) is 18.0. The van der Waals surface area contributed by atoms with Crippen molar-refractivity contribution in [1.29, 1.82) is 0 Å². The first-order chi connectivity index (χ1) is 10.7. The molecule has 2 rings (SSSR count). The fraction of sp³-hybridized carbons (Fsp3) is 0.250. The molecule has 0 amide bonds. The van der Waals surface area contributed by atoms with Crippen molar-refractivity contribution in [1.82, 2.24) is 0 Å². The number of hydrogen-bond acceptors (Lipinski definition) is 5. The molecular formula is C16H22ClNO6. The third-order valence-electron chi connectivity index (χ3n) is 2.44. The molecule has 0 aliphatic rings. The topological polar surface area (TPSA) is 141 Å². The monoisotopic (exact) mass is 359 g/mol. The summed E-state index contributed by atoms with van der Waals surface area (Å²) in [7, 11) is 0. The van der Waals surface area contributed by atoms with E-state index in [9.17, 15) is 10.2 Å². The lowest BCUT2D eigenvalue weighted by molar-refractivity contribution is -0.135. The number of aliphatic carboxylic acids is 2. The third-order valence-corrected chi connectivity index (χ3v) is 2.44. The van der Waals surface area contributed by atoms with Gasteiger partial charge in [-0.15, -0.1) is 12.4 Å². The van der Waals surface area contributed by atoms with Crippen LogP contribution in [-0.4, -0.2) is 38.9 Å². The fourth-order valence-electron chi connectivity index (χ4n) is 1.83. The first kappa shape index (κ1) is 23.8. The fourth-order valence-corrected chi connectivity index (χ4v) is 1.83. The summed E-state index contributed by atoms with van der Waals surface area (Å²) in [6.07, 6.45) is 0.718. The predicted octanol–water partition coefficient (Wildman–Crippen LogP) is 2.36. The van der Waals surface area contributed by atoms with Gasteiger partial charge in [0.05, 0.1) is 0 Å². The minimum absolute atomic E-state index is 0. The molecule has 24 heavy (non-hydrogen) atoms. The lowest BCUT2D eigenvalue weighted by atomic mass is 10.0. The SMILES string of the molecule is CC(=O)O.CC(=O)O.Cl.NCCc1cccc2cc(O)cc(O)c12. The number of hydrogen-bond donors (Lipinski definition) is 5. The van der Waals surface area contributed by atoms with E-state index >= 15 is 0 Å². The van der Waals surface area contributed by atoms with Crippen molar-refractivity contribution in [2.24, 2.45) is 5.73 Å². The molecule has 0 unspecified atom stereocenters. The van der Waals surface area contributed by atoms with Gasteiger partial charge >= 0.3 is 0 Å². The lowest BCUT2D eigenvalue weighted by Crippen LogP contribution is -2.03. The van der Waals surface area contributed by atoms with Crippen LogP contribution in [-0.2, 0) is 16.0 Å². The number of halogens is 1. The summed E-state index contributed by atoms with van der Waals surface area (Å²) in [6.45, 7) is 2.71. The number of carboxylic acids is 2. The molecule has 0 saturated heterocycles. The van der Waals surface area contributed by atoms with Crippen LogP contribution in [0.4, 0.5) is 0 Å². The standard InChI is InChI=1S/C12H13NO2.2C2H4O2.ClH/c13-5-4-8-2-1-3-9-6-10(14)7-11(15)12(8)9;2*1-2(3)4;/h1-3,6-7,14-15H,4-5,13H2;2*1H3,(H,3,4);1H. The van der Waals surface area contributed by atoms with Gasteiger partial charge < -0.3 is 26.2 Å². The summed E-state index contributed by atoms with van der Waals surface area (Å²) < 4.78 is 0. The number of phenolic OH excluding ortho intramolecular Hbond substituents is 2. The molecule has 0 spiro atoms. The van der Waals surface area contributed by atoms with Crippen molar-refractivity contribution in [3.8, 4) is 11.5 Å². The van der Waals surface area contributed by atoms with Crippen LogP contribution in [0.2, 0.25) is 0 Å². The number of fused-ring (bicyclic) bond motifs is 1. The molecule has 0 heterocycles. The number of aromatic hydroxyl groups is 2. The molecule has 0 aliphatic carbocycles. The maximum absolute atomic E-state index is 9.76. The highest BCUT2D eigenvalue weighted by Crippen LogP contribution is 2.32. The highest BCUT2D eigenvalue weighted by molar-refractivity contribution is 5.92. The van der Waals surface area contributed by atoms with E-state index < -0.39 is 11.9 Å². The Labute approximate surface area is 145 Å². The number of phenols is 2. The number of carbonyl (C=O) groups is 2. The normalized spacial score (nSPS) is 8.79. The molecule has 0 saturated carbocycles. The molecule has 6 N–H and O–H groups in total. The van der Waals surface area contributed by atoms with Gasteiger partial charge in [0.25, 0.3) is 11.9 Å². The highest BCUT2D eigenvalue weighted by Gasteiger charge is 2.06. The molecule has 0 atom stereocenters. The summed E-state index contributed by atoms with van der Waals surface area (Å²) in [5.41, 5.74) is 6.51. The molecular weight excluding hydrogens is 338 g/mol. The van der Waals surface area contributed by atoms with Crippen LogP contribution in [0.15, 0.2) is 30.3 Å². The van der Waals surface area contributed by atoms with Gasteiger partial charge in [-0.25, -0.2) is 0 Å². The smallest absolute Gasteiger partial charge is 0.300 e. The van der Waals surface area contributed by atoms with E-state index in [1.807, 2.05) is 18.2 Å². The van der Waals surface area contributed by atoms with E-state index in [1.54, 1.807) is 6.07 Å². The molecule has 7 nitrogen and oxygen atoms in total. The Kier molecular flexibility index (Phi) is 11.9.